The fraction of sp³-hybridized carbons (Fsp3) is 0.600. The molecule has 0 spiro atoms. The van der Waals surface area contributed by atoms with Crippen LogP contribution in [0.4, 0.5) is 0 Å². The van der Waals surface area contributed by atoms with E-state index in [9.17, 15) is 8.42 Å². The summed E-state index contributed by atoms with van der Waals surface area (Å²) in [4.78, 5) is 0. The first-order valence-corrected chi connectivity index (χ1v) is 5.47. The summed E-state index contributed by atoms with van der Waals surface area (Å²) in [5.41, 5.74) is 0. The fourth-order valence-electron chi connectivity index (χ4n) is 0.438. The minimum Gasteiger partial charge on any atom is -0.311 e. The van der Waals surface area contributed by atoms with Crippen LogP contribution in [0.15, 0.2) is 11.1 Å². The summed E-state index contributed by atoms with van der Waals surface area (Å²) >= 11 is 3.12. The molecule has 0 fully saturated rings. The molecule has 0 aliphatic rings. The Morgan fingerprint density at radius 2 is 2.18 bits per heavy atom. The van der Waals surface area contributed by atoms with Crippen LogP contribution in [0.5, 0.6) is 0 Å². The molecule has 0 saturated heterocycles. The third-order valence-electron chi connectivity index (χ3n) is 0.880. The molecule has 0 bridgehead atoms. The van der Waals surface area contributed by atoms with Crippen molar-refractivity contribution in [3.63, 3.8) is 0 Å². The zero-order valence-corrected chi connectivity index (χ0v) is 8.41. The van der Waals surface area contributed by atoms with Gasteiger partial charge < -0.3 is 5.32 Å². The standard InChI is InChI=1S/C5H11BrN2O2S/c1-5(6)4-8-2-3-11(7,9)10/h8H,1-4H2,(H2,7,9,10). The van der Waals surface area contributed by atoms with Crippen molar-refractivity contribution in [1.82, 2.24) is 5.32 Å². The van der Waals surface area contributed by atoms with Crippen molar-refractivity contribution in [2.45, 2.75) is 0 Å². The topological polar surface area (TPSA) is 72.2 Å². The van der Waals surface area contributed by atoms with Crippen molar-refractivity contribution in [1.29, 1.82) is 0 Å². The van der Waals surface area contributed by atoms with E-state index in [0.29, 0.717) is 13.1 Å². The molecule has 66 valence electrons. The predicted octanol–water partition coefficient (Wildman–Crippen LogP) is -0.227. The first-order valence-electron chi connectivity index (χ1n) is 2.96. The molecule has 3 N–H and O–H groups in total. The van der Waals surface area contributed by atoms with Crippen LogP contribution < -0.4 is 10.5 Å². The molecular formula is C5H11BrN2O2S. The van der Waals surface area contributed by atoms with Crippen LogP contribution in [0.1, 0.15) is 0 Å². The molecule has 11 heavy (non-hydrogen) atoms. The van der Waals surface area contributed by atoms with Crippen LogP contribution in [-0.2, 0) is 10.0 Å². The highest BCUT2D eigenvalue weighted by molar-refractivity contribution is 9.11. The molecule has 0 saturated carbocycles. The van der Waals surface area contributed by atoms with Crippen LogP contribution in [0.25, 0.3) is 0 Å². The van der Waals surface area contributed by atoms with Crippen molar-refractivity contribution in [3.05, 3.63) is 11.1 Å². The Hall–Kier alpha value is 0.0900. The van der Waals surface area contributed by atoms with Gasteiger partial charge in [-0.3, -0.25) is 0 Å². The maximum Gasteiger partial charge on any atom is 0.210 e. The second kappa shape index (κ2) is 4.87. The molecule has 0 heterocycles. The maximum absolute atomic E-state index is 10.4. The molecule has 0 aromatic heterocycles. The molecule has 6 heteroatoms. The van der Waals surface area contributed by atoms with Gasteiger partial charge in [-0.2, -0.15) is 0 Å². The van der Waals surface area contributed by atoms with E-state index in [1.807, 2.05) is 0 Å². The van der Waals surface area contributed by atoms with Gasteiger partial charge in [-0.1, -0.05) is 22.5 Å². The number of halogens is 1. The van der Waals surface area contributed by atoms with Crippen molar-refractivity contribution < 1.29 is 8.42 Å². The summed E-state index contributed by atoms with van der Waals surface area (Å²) < 4.78 is 21.5. The van der Waals surface area contributed by atoms with Gasteiger partial charge >= 0.3 is 0 Å². The quantitative estimate of drug-likeness (QED) is 0.655. The molecule has 0 aromatic rings. The Morgan fingerprint density at radius 3 is 2.55 bits per heavy atom. The summed E-state index contributed by atoms with van der Waals surface area (Å²) in [6.45, 7) is 4.46. The first-order chi connectivity index (χ1) is 4.92. The number of rotatable bonds is 5. The molecule has 0 aromatic carbocycles. The van der Waals surface area contributed by atoms with Crippen LogP contribution in [0, 0.1) is 0 Å². The van der Waals surface area contributed by atoms with Crippen molar-refractivity contribution in [3.8, 4) is 0 Å². The van der Waals surface area contributed by atoms with Crippen molar-refractivity contribution >= 4 is 26.0 Å². The van der Waals surface area contributed by atoms with Gasteiger partial charge in [0.05, 0.1) is 5.75 Å². The number of hydrogen-bond acceptors (Lipinski definition) is 3. The van der Waals surface area contributed by atoms with E-state index in [1.54, 1.807) is 0 Å². The van der Waals surface area contributed by atoms with E-state index >= 15 is 0 Å². The maximum atomic E-state index is 10.4. The molecule has 0 unspecified atom stereocenters. The molecule has 0 aliphatic heterocycles. The van der Waals surface area contributed by atoms with E-state index in [-0.39, 0.29) is 5.75 Å². The van der Waals surface area contributed by atoms with Gasteiger partial charge in [-0.05, 0) is 0 Å². The van der Waals surface area contributed by atoms with Gasteiger partial charge in [0.1, 0.15) is 0 Å². The number of nitrogens with one attached hydrogen (secondary N) is 1. The van der Waals surface area contributed by atoms with Crippen LogP contribution in [-0.4, -0.2) is 27.3 Å². The monoisotopic (exact) mass is 242 g/mol. The average Bonchev–Trinajstić information content (AvgIpc) is 1.78. The number of hydrogen-bond donors (Lipinski definition) is 2. The predicted molar refractivity (Wildman–Crippen MR) is 48.9 cm³/mol. The van der Waals surface area contributed by atoms with Crippen LogP contribution >= 0.6 is 15.9 Å². The van der Waals surface area contributed by atoms with Crippen LogP contribution in [0.2, 0.25) is 0 Å². The smallest absolute Gasteiger partial charge is 0.210 e. The second-order valence-corrected chi connectivity index (χ2v) is 4.92. The highest BCUT2D eigenvalue weighted by Crippen LogP contribution is 1.95. The molecule has 0 atom stereocenters. The third-order valence-corrected chi connectivity index (χ3v) is 1.93. The molecule has 0 aliphatic carbocycles. The Labute approximate surface area is 75.0 Å². The highest BCUT2D eigenvalue weighted by atomic mass is 79.9. The van der Waals surface area contributed by atoms with Gasteiger partial charge in [0.25, 0.3) is 0 Å². The SMILES string of the molecule is C=C(Br)CNCCS(N)(=O)=O. The van der Waals surface area contributed by atoms with E-state index in [0.717, 1.165) is 4.48 Å². The Balaban J connectivity index is 3.37. The lowest BCUT2D eigenvalue weighted by molar-refractivity contribution is 0.594. The summed E-state index contributed by atoms with van der Waals surface area (Å²) in [6, 6.07) is 0. The van der Waals surface area contributed by atoms with Crippen molar-refractivity contribution in [2.24, 2.45) is 5.14 Å². The Morgan fingerprint density at radius 1 is 1.64 bits per heavy atom. The lowest BCUT2D eigenvalue weighted by atomic mass is 10.6. The minimum atomic E-state index is -3.33. The average molecular weight is 243 g/mol. The van der Waals surface area contributed by atoms with E-state index in [1.165, 1.54) is 0 Å². The van der Waals surface area contributed by atoms with Crippen molar-refractivity contribution in [2.75, 3.05) is 18.8 Å². The molecule has 0 radical (unpaired) electrons. The zero-order valence-electron chi connectivity index (χ0n) is 6.01. The lowest BCUT2D eigenvalue weighted by Crippen LogP contribution is -2.27. The fourth-order valence-corrected chi connectivity index (χ4v) is 1.07. The Bertz CT molecular complexity index is 225. The van der Waals surface area contributed by atoms with Gasteiger partial charge in [-0.15, -0.1) is 0 Å². The summed E-state index contributed by atoms with van der Waals surface area (Å²) in [5, 5.41) is 7.59. The number of sulfonamides is 1. The zero-order chi connectivity index (χ0) is 8.91. The molecular weight excluding hydrogens is 232 g/mol. The van der Waals surface area contributed by atoms with Gasteiger partial charge in [0.15, 0.2) is 0 Å². The van der Waals surface area contributed by atoms with E-state index in [4.69, 9.17) is 5.14 Å². The van der Waals surface area contributed by atoms with Crippen LogP contribution in [0.3, 0.4) is 0 Å². The van der Waals surface area contributed by atoms with Gasteiger partial charge in [0.2, 0.25) is 10.0 Å². The second-order valence-electron chi connectivity index (χ2n) is 2.06. The highest BCUT2D eigenvalue weighted by Gasteiger charge is 2.00. The Kier molecular flexibility index (Phi) is 4.91. The molecule has 0 amide bonds. The van der Waals surface area contributed by atoms with E-state index < -0.39 is 10.0 Å². The number of primary sulfonamides is 1. The summed E-state index contributed by atoms with van der Waals surface area (Å²) in [7, 11) is -3.33. The lowest BCUT2D eigenvalue weighted by Gasteiger charge is -2.00. The minimum absolute atomic E-state index is 0.0483. The normalized spacial score (nSPS) is 11.5. The molecule has 0 rings (SSSR count). The largest absolute Gasteiger partial charge is 0.311 e. The summed E-state index contributed by atoms with van der Waals surface area (Å²) in [6.07, 6.45) is 0. The molecule has 4 nitrogen and oxygen atoms in total. The number of nitrogens with two attached hydrogens (primary N) is 1. The first kappa shape index (κ1) is 11.1. The van der Waals surface area contributed by atoms with E-state index in [2.05, 4.69) is 27.8 Å². The van der Waals surface area contributed by atoms with Gasteiger partial charge in [0, 0.05) is 17.6 Å². The third kappa shape index (κ3) is 10.1. The van der Waals surface area contributed by atoms with Gasteiger partial charge in [-0.25, -0.2) is 13.6 Å². The summed E-state index contributed by atoms with van der Waals surface area (Å²) in [5.74, 6) is -0.0483.